The van der Waals surface area contributed by atoms with Crippen LogP contribution in [0, 0.1) is 0 Å². The summed E-state index contributed by atoms with van der Waals surface area (Å²) in [6.45, 7) is 0.786. The summed E-state index contributed by atoms with van der Waals surface area (Å²) in [4.78, 5) is 5.68. The SMILES string of the molecule is CNCc1cc(Cl)ccc1Sc1c[nH]c2ccc(OC)cc12. The molecular weight excluding hydrogens is 316 g/mol. The Morgan fingerprint density at radius 3 is 2.82 bits per heavy atom. The minimum Gasteiger partial charge on any atom is -0.497 e. The summed E-state index contributed by atoms with van der Waals surface area (Å²) >= 11 is 7.84. The molecule has 2 aromatic carbocycles. The van der Waals surface area contributed by atoms with Crippen LogP contribution in [0.4, 0.5) is 0 Å². The van der Waals surface area contributed by atoms with Crippen LogP contribution in [0.1, 0.15) is 5.56 Å². The summed E-state index contributed by atoms with van der Waals surface area (Å²) in [5.41, 5.74) is 2.30. The normalized spacial score (nSPS) is 11.0. The van der Waals surface area contributed by atoms with Gasteiger partial charge in [0.1, 0.15) is 5.75 Å². The van der Waals surface area contributed by atoms with Gasteiger partial charge in [0, 0.05) is 38.5 Å². The highest BCUT2D eigenvalue weighted by Crippen LogP contribution is 2.37. The number of halogens is 1. The number of hydrogen-bond acceptors (Lipinski definition) is 3. The Labute approximate surface area is 139 Å². The molecular formula is C17H17ClN2OS. The third-order valence-electron chi connectivity index (χ3n) is 3.46. The number of aromatic amines is 1. The zero-order valence-corrected chi connectivity index (χ0v) is 14.0. The average Bonchev–Trinajstić information content (AvgIpc) is 2.92. The molecule has 2 N–H and O–H groups in total. The van der Waals surface area contributed by atoms with E-state index in [4.69, 9.17) is 16.3 Å². The Kier molecular flexibility index (Phi) is 4.62. The molecule has 0 atom stereocenters. The van der Waals surface area contributed by atoms with E-state index in [9.17, 15) is 0 Å². The van der Waals surface area contributed by atoms with Crippen molar-refractivity contribution < 1.29 is 4.74 Å². The molecule has 5 heteroatoms. The van der Waals surface area contributed by atoms with E-state index >= 15 is 0 Å². The van der Waals surface area contributed by atoms with E-state index in [1.807, 2.05) is 37.5 Å². The van der Waals surface area contributed by atoms with Gasteiger partial charge in [0.2, 0.25) is 0 Å². The summed E-state index contributed by atoms with van der Waals surface area (Å²) in [6, 6.07) is 12.1. The van der Waals surface area contributed by atoms with Crippen LogP contribution in [0.2, 0.25) is 5.02 Å². The van der Waals surface area contributed by atoms with E-state index in [2.05, 4.69) is 22.4 Å². The second-order valence-electron chi connectivity index (χ2n) is 4.95. The van der Waals surface area contributed by atoms with Crippen molar-refractivity contribution in [2.24, 2.45) is 0 Å². The molecule has 22 heavy (non-hydrogen) atoms. The third kappa shape index (κ3) is 3.09. The average molecular weight is 333 g/mol. The van der Waals surface area contributed by atoms with Crippen molar-refractivity contribution >= 4 is 34.3 Å². The molecule has 0 aliphatic carbocycles. The van der Waals surface area contributed by atoms with Gasteiger partial charge >= 0.3 is 0 Å². The Bertz CT molecular complexity index is 800. The molecule has 0 aliphatic rings. The number of H-pyrrole nitrogens is 1. The van der Waals surface area contributed by atoms with E-state index in [0.29, 0.717) is 0 Å². The highest BCUT2D eigenvalue weighted by atomic mass is 35.5. The lowest BCUT2D eigenvalue weighted by Gasteiger charge is -2.09. The monoisotopic (exact) mass is 332 g/mol. The number of methoxy groups -OCH3 is 1. The molecule has 0 saturated carbocycles. The van der Waals surface area contributed by atoms with E-state index < -0.39 is 0 Å². The molecule has 0 bridgehead atoms. The first-order valence-corrected chi connectivity index (χ1v) is 8.16. The van der Waals surface area contributed by atoms with Crippen molar-refractivity contribution in [2.75, 3.05) is 14.2 Å². The van der Waals surface area contributed by atoms with Crippen LogP contribution in [-0.2, 0) is 6.54 Å². The first-order chi connectivity index (χ1) is 10.7. The van der Waals surface area contributed by atoms with Gasteiger partial charge in [-0.25, -0.2) is 0 Å². The number of hydrogen-bond donors (Lipinski definition) is 2. The standard InChI is InChI=1S/C17H17ClN2OS/c1-19-9-11-7-12(18)3-6-16(11)22-17-10-20-15-5-4-13(21-2)8-14(15)17/h3-8,10,19-20H,9H2,1-2H3. The molecule has 3 rings (SSSR count). The van der Waals surface area contributed by atoms with Gasteiger partial charge in [0.25, 0.3) is 0 Å². The summed E-state index contributed by atoms with van der Waals surface area (Å²) < 4.78 is 5.32. The van der Waals surface area contributed by atoms with Crippen LogP contribution in [0.5, 0.6) is 5.75 Å². The van der Waals surface area contributed by atoms with Crippen LogP contribution < -0.4 is 10.1 Å². The topological polar surface area (TPSA) is 37.0 Å². The lowest BCUT2D eigenvalue weighted by Crippen LogP contribution is -2.06. The second kappa shape index (κ2) is 6.65. The predicted octanol–water partition coefficient (Wildman–Crippen LogP) is 4.70. The van der Waals surface area contributed by atoms with E-state index in [1.54, 1.807) is 18.9 Å². The van der Waals surface area contributed by atoms with Crippen molar-refractivity contribution in [2.45, 2.75) is 16.3 Å². The number of benzene rings is 2. The third-order valence-corrected chi connectivity index (χ3v) is 4.87. The summed E-state index contributed by atoms with van der Waals surface area (Å²) in [5.74, 6) is 0.862. The maximum atomic E-state index is 6.11. The number of fused-ring (bicyclic) bond motifs is 1. The Morgan fingerprint density at radius 1 is 1.18 bits per heavy atom. The van der Waals surface area contributed by atoms with Gasteiger partial charge in [-0.2, -0.15) is 0 Å². The molecule has 1 aromatic heterocycles. The fraction of sp³-hybridized carbons (Fsp3) is 0.176. The largest absolute Gasteiger partial charge is 0.497 e. The first kappa shape index (κ1) is 15.3. The number of rotatable bonds is 5. The van der Waals surface area contributed by atoms with Crippen molar-refractivity contribution in [3.8, 4) is 5.75 Å². The zero-order valence-electron chi connectivity index (χ0n) is 12.4. The van der Waals surface area contributed by atoms with Gasteiger partial charge in [-0.3, -0.25) is 0 Å². The van der Waals surface area contributed by atoms with Gasteiger partial charge in [0.15, 0.2) is 0 Å². The van der Waals surface area contributed by atoms with Gasteiger partial charge in [0.05, 0.1) is 7.11 Å². The highest BCUT2D eigenvalue weighted by Gasteiger charge is 2.10. The van der Waals surface area contributed by atoms with Gasteiger partial charge in [-0.15, -0.1) is 0 Å². The Balaban J connectivity index is 1.99. The van der Waals surface area contributed by atoms with Gasteiger partial charge < -0.3 is 15.0 Å². The van der Waals surface area contributed by atoms with Crippen LogP contribution in [0.3, 0.4) is 0 Å². The Morgan fingerprint density at radius 2 is 2.05 bits per heavy atom. The number of aromatic nitrogens is 1. The molecule has 0 spiro atoms. The van der Waals surface area contributed by atoms with E-state index in [0.717, 1.165) is 28.2 Å². The van der Waals surface area contributed by atoms with Gasteiger partial charge in [-0.05, 0) is 49.0 Å². The van der Waals surface area contributed by atoms with Crippen LogP contribution in [-0.4, -0.2) is 19.1 Å². The highest BCUT2D eigenvalue weighted by molar-refractivity contribution is 7.99. The fourth-order valence-electron chi connectivity index (χ4n) is 2.38. The molecule has 3 aromatic rings. The van der Waals surface area contributed by atoms with Gasteiger partial charge in [-0.1, -0.05) is 23.4 Å². The number of nitrogens with one attached hydrogen (secondary N) is 2. The zero-order chi connectivity index (χ0) is 15.5. The van der Waals surface area contributed by atoms with Crippen molar-refractivity contribution in [3.05, 3.63) is 53.2 Å². The Hall–Kier alpha value is -1.62. The minimum absolute atomic E-state index is 0.759. The molecule has 0 amide bonds. The molecule has 114 valence electrons. The first-order valence-electron chi connectivity index (χ1n) is 6.97. The van der Waals surface area contributed by atoms with Crippen LogP contribution in [0.15, 0.2) is 52.4 Å². The maximum Gasteiger partial charge on any atom is 0.119 e. The minimum atomic E-state index is 0.759. The van der Waals surface area contributed by atoms with E-state index in [1.165, 1.54) is 15.4 Å². The predicted molar refractivity (Wildman–Crippen MR) is 93.2 cm³/mol. The lowest BCUT2D eigenvalue weighted by atomic mass is 10.2. The van der Waals surface area contributed by atoms with Crippen molar-refractivity contribution in [1.29, 1.82) is 0 Å². The molecule has 0 saturated heterocycles. The van der Waals surface area contributed by atoms with E-state index in [-0.39, 0.29) is 0 Å². The maximum absolute atomic E-state index is 6.11. The quantitative estimate of drug-likeness (QED) is 0.711. The van der Waals surface area contributed by atoms with Crippen molar-refractivity contribution in [1.82, 2.24) is 10.3 Å². The molecule has 0 fully saturated rings. The lowest BCUT2D eigenvalue weighted by molar-refractivity contribution is 0.415. The number of ether oxygens (including phenoxy) is 1. The summed E-state index contributed by atoms with van der Waals surface area (Å²) in [6.07, 6.45) is 2.03. The molecule has 0 aliphatic heterocycles. The fourth-order valence-corrected chi connectivity index (χ4v) is 3.61. The summed E-state index contributed by atoms with van der Waals surface area (Å²) in [5, 5.41) is 5.11. The summed E-state index contributed by atoms with van der Waals surface area (Å²) in [7, 11) is 3.62. The smallest absolute Gasteiger partial charge is 0.119 e. The van der Waals surface area contributed by atoms with Crippen molar-refractivity contribution in [3.63, 3.8) is 0 Å². The second-order valence-corrected chi connectivity index (χ2v) is 6.47. The molecule has 3 nitrogen and oxygen atoms in total. The van der Waals surface area contributed by atoms with Crippen LogP contribution >= 0.6 is 23.4 Å². The molecule has 0 radical (unpaired) electrons. The van der Waals surface area contributed by atoms with Crippen LogP contribution in [0.25, 0.3) is 10.9 Å². The molecule has 1 heterocycles. The molecule has 0 unspecified atom stereocenters.